The second kappa shape index (κ2) is 6.50. The van der Waals surface area contributed by atoms with Gasteiger partial charge >= 0.3 is 0 Å². The summed E-state index contributed by atoms with van der Waals surface area (Å²) in [7, 11) is 0. The Hall–Kier alpha value is -2.21. The van der Waals surface area contributed by atoms with Crippen LogP contribution in [0.2, 0.25) is 0 Å². The highest BCUT2D eigenvalue weighted by Crippen LogP contribution is 2.23. The third-order valence-corrected chi connectivity index (χ3v) is 4.53. The van der Waals surface area contributed by atoms with Crippen molar-refractivity contribution in [1.82, 2.24) is 19.7 Å². The fraction of sp³-hybridized carbons (Fsp3) is 0.471. The number of carbonyl (C=O) groups is 1. The molecular weight excluding hydrogens is 290 g/mol. The van der Waals surface area contributed by atoms with Gasteiger partial charge in [0.2, 0.25) is 0 Å². The molecule has 3 rings (SSSR count). The van der Waals surface area contributed by atoms with Crippen LogP contribution in [0, 0.1) is 6.92 Å². The Morgan fingerprint density at radius 3 is 2.87 bits per heavy atom. The Morgan fingerprint density at radius 1 is 1.39 bits per heavy atom. The van der Waals surface area contributed by atoms with Crippen LogP contribution in [0.5, 0.6) is 0 Å². The Kier molecular flexibility index (Phi) is 4.43. The zero-order chi connectivity index (χ0) is 16.4. The van der Waals surface area contributed by atoms with E-state index in [1.165, 1.54) is 6.33 Å². The first-order valence-corrected chi connectivity index (χ1v) is 8.10. The summed E-state index contributed by atoms with van der Waals surface area (Å²) < 4.78 is 1.70. The SMILES string of the molecule is Cc1cc(C(=O)N2CCCC[C@@H]2[C@H](C)N)ccc1-n1cncn1. The molecule has 2 atom stereocenters. The molecule has 0 saturated carbocycles. The first kappa shape index (κ1) is 15.7. The van der Waals surface area contributed by atoms with Crippen LogP contribution in [0.1, 0.15) is 42.1 Å². The number of nitrogens with zero attached hydrogens (tertiary/aromatic N) is 4. The van der Waals surface area contributed by atoms with Gasteiger partial charge in [-0.2, -0.15) is 5.10 Å². The van der Waals surface area contributed by atoms with Crippen molar-refractivity contribution < 1.29 is 4.79 Å². The lowest BCUT2D eigenvalue weighted by Gasteiger charge is -2.38. The molecule has 2 heterocycles. The van der Waals surface area contributed by atoms with Crippen LogP contribution in [-0.2, 0) is 0 Å². The lowest BCUT2D eigenvalue weighted by molar-refractivity contribution is 0.0583. The van der Waals surface area contributed by atoms with Crippen molar-refractivity contribution in [2.45, 2.75) is 45.2 Å². The number of likely N-dealkylation sites (tertiary alicyclic amines) is 1. The average molecular weight is 313 g/mol. The number of amides is 1. The average Bonchev–Trinajstić information content (AvgIpc) is 3.08. The molecule has 0 radical (unpaired) electrons. The molecule has 0 bridgehead atoms. The van der Waals surface area contributed by atoms with Crippen molar-refractivity contribution in [3.8, 4) is 5.69 Å². The number of benzene rings is 1. The number of piperidine rings is 1. The van der Waals surface area contributed by atoms with E-state index in [0.29, 0.717) is 5.56 Å². The van der Waals surface area contributed by atoms with E-state index in [1.54, 1.807) is 11.0 Å². The van der Waals surface area contributed by atoms with Crippen LogP contribution < -0.4 is 5.73 Å². The third-order valence-electron chi connectivity index (χ3n) is 4.53. The monoisotopic (exact) mass is 313 g/mol. The molecule has 1 aromatic heterocycles. The van der Waals surface area contributed by atoms with Crippen LogP contribution in [-0.4, -0.2) is 44.2 Å². The molecule has 6 nitrogen and oxygen atoms in total. The Balaban J connectivity index is 1.86. The molecule has 2 N–H and O–H groups in total. The van der Waals surface area contributed by atoms with Crippen LogP contribution in [0.15, 0.2) is 30.9 Å². The van der Waals surface area contributed by atoms with E-state index < -0.39 is 0 Å². The molecular formula is C17H23N5O. The smallest absolute Gasteiger partial charge is 0.254 e. The maximum atomic E-state index is 12.9. The molecule has 0 unspecified atom stereocenters. The Bertz CT molecular complexity index is 680. The van der Waals surface area contributed by atoms with E-state index in [-0.39, 0.29) is 18.0 Å². The minimum atomic E-state index is -0.00484. The number of nitrogens with two attached hydrogens (primary N) is 1. The second-order valence-corrected chi connectivity index (χ2v) is 6.26. The molecule has 0 spiro atoms. The number of rotatable bonds is 3. The molecule has 1 fully saturated rings. The quantitative estimate of drug-likeness (QED) is 0.939. The van der Waals surface area contributed by atoms with Gasteiger partial charge in [0.05, 0.1) is 5.69 Å². The normalized spacial score (nSPS) is 19.6. The van der Waals surface area contributed by atoms with Gasteiger partial charge < -0.3 is 10.6 Å². The summed E-state index contributed by atoms with van der Waals surface area (Å²) in [5, 5.41) is 4.14. The highest BCUT2D eigenvalue weighted by Gasteiger charge is 2.29. The maximum Gasteiger partial charge on any atom is 0.254 e. The maximum absolute atomic E-state index is 12.9. The number of aryl methyl sites for hydroxylation is 1. The van der Waals surface area contributed by atoms with Crippen molar-refractivity contribution in [2.24, 2.45) is 5.73 Å². The minimum Gasteiger partial charge on any atom is -0.334 e. The molecule has 1 aliphatic heterocycles. The second-order valence-electron chi connectivity index (χ2n) is 6.26. The van der Waals surface area contributed by atoms with Gasteiger partial charge in [0.15, 0.2) is 0 Å². The van der Waals surface area contributed by atoms with Crippen molar-refractivity contribution in [3.63, 3.8) is 0 Å². The molecule has 1 saturated heterocycles. The predicted octanol–water partition coefficient (Wildman–Crippen LogP) is 1.92. The summed E-state index contributed by atoms with van der Waals surface area (Å²) in [5.74, 6) is 0.0697. The van der Waals surface area contributed by atoms with Gasteiger partial charge in [0.1, 0.15) is 12.7 Å². The lowest BCUT2D eigenvalue weighted by atomic mass is 9.95. The van der Waals surface area contributed by atoms with Gasteiger partial charge in [-0.3, -0.25) is 4.79 Å². The summed E-state index contributed by atoms with van der Waals surface area (Å²) in [6.45, 7) is 4.75. The Labute approximate surface area is 136 Å². The van der Waals surface area contributed by atoms with Gasteiger partial charge in [-0.25, -0.2) is 9.67 Å². The molecule has 0 aliphatic carbocycles. The van der Waals surface area contributed by atoms with Gasteiger partial charge in [0.25, 0.3) is 5.91 Å². The largest absolute Gasteiger partial charge is 0.334 e. The number of hydrogen-bond donors (Lipinski definition) is 1. The van der Waals surface area contributed by atoms with E-state index in [9.17, 15) is 4.79 Å². The molecule has 6 heteroatoms. The first-order valence-electron chi connectivity index (χ1n) is 8.10. The van der Waals surface area contributed by atoms with Crippen LogP contribution in [0.3, 0.4) is 0 Å². The van der Waals surface area contributed by atoms with Crippen LogP contribution >= 0.6 is 0 Å². The van der Waals surface area contributed by atoms with E-state index in [4.69, 9.17) is 5.73 Å². The van der Waals surface area contributed by atoms with Gasteiger partial charge in [-0.15, -0.1) is 0 Å². The molecule has 1 aliphatic rings. The predicted molar refractivity (Wildman–Crippen MR) is 88.4 cm³/mol. The fourth-order valence-electron chi connectivity index (χ4n) is 3.30. The van der Waals surface area contributed by atoms with Crippen molar-refractivity contribution >= 4 is 5.91 Å². The molecule has 1 amide bonds. The molecule has 2 aromatic rings. The Morgan fingerprint density at radius 2 is 2.22 bits per heavy atom. The van der Waals surface area contributed by atoms with E-state index >= 15 is 0 Å². The molecule has 23 heavy (non-hydrogen) atoms. The van der Waals surface area contributed by atoms with Crippen molar-refractivity contribution in [1.29, 1.82) is 0 Å². The number of aromatic nitrogens is 3. The van der Waals surface area contributed by atoms with Crippen molar-refractivity contribution in [3.05, 3.63) is 42.0 Å². The topological polar surface area (TPSA) is 77.0 Å². The van der Waals surface area contributed by atoms with Gasteiger partial charge in [0, 0.05) is 24.2 Å². The minimum absolute atomic E-state index is 0.00484. The summed E-state index contributed by atoms with van der Waals surface area (Å²) in [4.78, 5) is 18.8. The molecule has 1 aromatic carbocycles. The highest BCUT2D eigenvalue weighted by molar-refractivity contribution is 5.95. The summed E-state index contributed by atoms with van der Waals surface area (Å²) in [6.07, 6.45) is 6.32. The highest BCUT2D eigenvalue weighted by atomic mass is 16.2. The first-order chi connectivity index (χ1) is 11.1. The summed E-state index contributed by atoms with van der Waals surface area (Å²) in [6, 6.07) is 5.83. The van der Waals surface area contributed by atoms with E-state index in [0.717, 1.165) is 37.1 Å². The zero-order valence-electron chi connectivity index (χ0n) is 13.6. The fourth-order valence-corrected chi connectivity index (χ4v) is 3.30. The van der Waals surface area contributed by atoms with Gasteiger partial charge in [-0.1, -0.05) is 0 Å². The van der Waals surface area contributed by atoms with Crippen LogP contribution in [0.4, 0.5) is 0 Å². The van der Waals surface area contributed by atoms with E-state index in [2.05, 4.69) is 10.1 Å². The number of carbonyl (C=O) groups excluding carboxylic acids is 1. The van der Waals surface area contributed by atoms with Crippen LogP contribution in [0.25, 0.3) is 5.69 Å². The summed E-state index contributed by atoms with van der Waals surface area (Å²) >= 11 is 0. The molecule has 122 valence electrons. The summed E-state index contributed by atoms with van der Waals surface area (Å²) in [5.41, 5.74) is 8.71. The van der Waals surface area contributed by atoms with E-state index in [1.807, 2.05) is 36.9 Å². The lowest BCUT2D eigenvalue weighted by Crippen LogP contribution is -2.51. The standard InChI is InChI=1S/C17H23N5O/c1-12-9-14(6-7-15(12)22-11-19-10-20-22)17(23)21-8-4-3-5-16(21)13(2)18/h6-7,9-11,13,16H,3-5,8,18H2,1-2H3/t13-,16+/m0/s1. The van der Waals surface area contributed by atoms with Gasteiger partial charge in [-0.05, 0) is 56.9 Å². The van der Waals surface area contributed by atoms with Crippen molar-refractivity contribution in [2.75, 3.05) is 6.54 Å². The third kappa shape index (κ3) is 3.12. The zero-order valence-corrected chi connectivity index (χ0v) is 13.6. The number of hydrogen-bond acceptors (Lipinski definition) is 4.